The van der Waals surface area contributed by atoms with Crippen molar-refractivity contribution in [2.45, 2.75) is 6.43 Å². The van der Waals surface area contributed by atoms with Gasteiger partial charge in [0.2, 0.25) is 0 Å². The number of alkyl halides is 2. The van der Waals surface area contributed by atoms with Crippen LogP contribution in [-0.2, 0) is 7.05 Å². The molecule has 0 fully saturated rings. The first-order chi connectivity index (χ1) is 7.99. The van der Waals surface area contributed by atoms with Gasteiger partial charge in [0.25, 0.3) is 6.43 Å². The minimum Gasteiger partial charge on any atom is -0.399 e. The number of hydrogen-bond donors (Lipinski definition) is 1. The maximum absolute atomic E-state index is 13.6. The van der Waals surface area contributed by atoms with Crippen molar-refractivity contribution in [2.75, 3.05) is 5.73 Å². The molecule has 0 aliphatic carbocycles. The summed E-state index contributed by atoms with van der Waals surface area (Å²) < 4.78 is 40.3. The minimum atomic E-state index is -2.70. The monoisotopic (exact) mass is 241 g/mol. The van der Waals surface area contributed by atoms with Crippen LogP contribution in [0.4, 0.5) is 18.9 Å². The van der Waals surface area contributed by atoms with E-state index >= 15 is 0 Å². The van der Waals surface area contributed by atoms with E-state index in [1.165, 1.54) is 30.1 Å². The summed E-state index contributed by atoms with van der Waals surface area (Å²) >= 11 is 0. The zero-order chi connectivity index (χ0) is 12.6. The standard InChI is InChI=1S/C11H10F3N3/c1-17-5-8(11(13)14)10(16-17)7-3-2-6(15)4-9(7)12/h2-5,11H,15H2,1H3. The van der Waals surface area contributed by atoms with Gasteiger partial charge in [-0.05, 0) is 18.2 Å². The van der Waals surface area contributed by atoms with Gasteiger partial charge in [-0.15, -0.1) is 0 Å². The van der Waals surface area contributed by atoms with Crippen LogP contribution in [0.2, 0.25) is 0 Å². The second-order valence-corrected chi connectivity index (χ2v) is 3.65. The van der Waals surface area contributed by atoms with Crippen LogP contribution in [0.25, 0.3) is 11.3 Å². The average molecular weight is 241 g/mol. The Kier molecular flexibility index (Phi) is 2.79. The molecule has 2 rings (SSSR count). The number of aryl methyl sites for hydroxylation is 1. The van der Waals surface area contributed by atoms with Crippen molar-refractivity contribution in [1.29, 1.82) is 0 Å². The molecule has 6 heteroatoms. The second kappa shape index (κ2) is 4.12. The van der Waals surface area contributed by atoms with Gasteiger partial charge < -0.3 is 5.73 Å². The van der Waals surface area contributed by atoms with Crippen molar-refractivity contribution >= 4 is 5.69 Å². The van der Waals surface area contributed by atoms with Gasteiger partial charge in [-0.1, -0.05) is 0 Å². The summed E-state index contributed by atoms with van der Waals surface area (Å²) in [7, 11) is 1.50. The summed E-state index contributed by atoms with van der Waals surface area (Å²) in [4.78, 5) is 0. The summed E-state index contributed by atoms with van der Waals surface area (Å²) in [6.45, 7) is 0. The molecular weight excluding hydrogens is 231 g/mol. The lowest BCUT2D eigenvalue weighted by Gasteiger charge is -2.03. The highest BCUT2D eigenvalue weighted by Gasteiger charge is 2.20. The largest absolute Gasteiger partial charge is 0.399 e. The summed E-state index contributed by atoms with van der Waals surface area (Å²) in [5.41, 5.74) is 5.30. The maximum atomic E-state index is 13.6. The first-order valence-electron chi connectivity index (χ1n) is 4.86. The van der Waals surface area contributed by atoms with Crippen molar-refractivity contribution in [3.63, 3.8) is 0 Å². The molecule has 0 atom stereocenters. The van der Waals surface area contributed by atoms with Crippen LogP contribution >= 0.6 is 0 Å². The molecule has 0 saturated carbocycles. The Bertz CT molecular complexity index is 549. The molecule has 0 saturated heterocycles. The van der Waals surface area contributed by atoms with Crippen LogP contribution < -0.4 is 5.73 Å². The average Bonchev–Trinajstić information content (AvgIpc) is 2.60. The van der Waals surface area contributed by atoms with E-state index in [-0.39, 0.29) is 22.5 Å². The predicted octanol–water partition coefficient (Wildman–Crippen LogP) is 2.75. The number of rotatable bonds is 2. The normalized spacial score (nSPS) is 11.1. The molecule has 1 aromatic heterocycles. The number of halogens is 3. The third-order valence-electron chi connectivity index (χ3n) is 2.34. The molecule has 1 heterocycles. The zero-order valence-corrected chi connectivity index (χ0v) is 8.99. The summed E-state index contributed by atoms with van der Waals surface area (Å²) in [6, 6.07) is 3.88. The van der Waals surface area contributed by atoms with Crippen molar-refractivity contribution in [3.8, 4) is 11.3 Å². The molecule has 0 aliphatic rings. The predicted molar refractivity (Wildman–Crippen MR) is 58.0 cm³/mol. The highest BCUT2D eigenvalue weighted by molar-refractivity contribution is 5.66. The van der Waals surface area contributed by atoms with Crippen molar-refractivity contribution in [1.82, 2.24) is 9.78 Å². The molecule has 90 valence electrons. The Morgan fingerprint density at radius 3 is 2.65 bits per heavy atom. The summed E-state index contributed by atoms with van der Waals surface area (Å²) in [6.07, 6.45) is -1.52. The fraction of sp³-hybridized carbons (Fsp3) is 0.182. The molecule has 0 aliphatic heterocycles. The Morgan fingerprint density at radius 1 is 1.35 bits per heavy atom. The fourth-order valence-corrected chi connectivity index (χ4v) is 1.60. The third kappa shape index (κ3) is 2.11. The van der Waals surface area contributed by atoms with Gasteiger partial charge in [-0.25, -0.2) is 13.2 Å². The van der Waals surface area contributed by atoms with E-state index in [1.54, 1.807) is 0 Å². The number of nitrogen functional groups attached to an aromatic ring is 1. The number of nitrogens with zero attached hydrogens (tertiary/aromatic N) is 2. The van der Waals surface area contributed by atoms with Gasteiger partial charge in [0.05, 0.1) is 5.56 Å². The molecule has 0 radical (unpaired) electrons. The number of anilines is 1. The van der Waals surface area contributed by atoms with Crippen molar-refractivity contribution in [2.24, 2.45) is 7.05 Å². The molecule has 0 unspecified atom stereocenters. The SMILES string of the molecule is Cn1cc(C(F)F)c(-c2ccc(N)cc2F)n1. The van der Waals surface area contributed by atoms with E-state index in [0.29, 0.717) is 0 Å². The first kappa shape index (κ1) is 11.5. The molecular formula is C11H10F3N3. The van der Waals surface area contributed by atoms with Crippen LogP contribution in [0, 0.1) is 5.82 Å². The van der Waals surface area contributed by atoms with E-state index in [4.69, 9.17) is 5.73 Å². The topological polar surface area (TPSA) is 43.8 Å². The van der Waals surface area contributed by atoms with E-state index in [9.17, 15) is 13.2 Å². The zero-order valence-electron chi connectivity index (χ0n) is 8.99. The molecule has 0 bridgehead atoms. The number of aromatic nitrogens is 2. The quantitative estimate of drug-likeness (QED) is 0.821. The lowest BCUT2D eigenvalue weighted by atomic mass is 10.1. The summed E-state index contributed by atoms with van der Waals surface area (Å²) in [5, 5.41) is 3.85. The van der Waals surface area contributed by atoms with Gasteiger partial charge >= 0.3 is 0 Å². The van der Waals surface area contributed by atoms with E-state index in [1.807, 2.05) is 0 Å². The van der Waals surface area contributed by atoms with Gasteiger partial charge in [0, 0.05) is 24.5 Å². The van der Waals surface area contributed by atoms with Crippen LogP contribution in [-0.4, -0.2) is 9.78 Å². The number of nitrogens with two attached hydrogens (primary N) is 1. The number of benzene rings is 1. The highest BCUT2D eigenvalue weighted by Crippen LogP contribution is 2.31. The van der Waals surface area contributed by atoms with Crippen LogP contribution in [0.15, 0.2) is 24.4 Å². The van der Waals surface area contributed by atoms with Crippen LogP contribution in [0.3, 0.4) is 0 Å². The molecule has 0 spiro atoms. The van der Waals surface area contributed by atoms with Crippen molar-refractivity contribution in [3.05, 3.63) is 35.8 Å². The molecule has 2 N–H and O–H groups in total. The smallest absolute Gasteiger partial charge is 0.267 e. The lowest BCUT2D eigenvalue weighted by Crippen LogP contribution is -1.93. The Balaban J connectivity index is 2.59. The Hall–Kier alpha value is -1.98. The Labute approximate surface area is 95.7 Å². The van der Waals surface area contributed by atoms with Crippen LogP contribution in [0.1, 0.15) is 12.0 Å². The highest BCUT2D eigenvalue weighted by atomic mass is 19.3. The van der Waals surface area contributed by atoms with Gasteiger partial charge in [0.1, 0.15) is 11.5 Å². The van der Waals surface area contributed by atoms with Crippen LogP contribution in [0.5, 0.6) is 0 Å². The minimum absolute atomic E-state index is 0.0232. The molecule has 0 amide bonds. The van der Waals surface area contributed by atoms with Gasteiger partial charge in [-0.3, -0.25) is 4.68 Å². The maximum Gasteiger partial charge on any atom is 0.267 e. The van der Waals surface area contributed by atoms with Crippen molar-refractivity contribution < 1.29 is 13.2 Å². The van der Waals surface area contributed by atoms with E-state index in [0.717, 1.165) is 6.07 Å². The van der Waals surface area contributed by atoms with Gasteiger partial charge in [-0.2, -0.15) is 5.10 Å². The van der Waals surface area contributed by atoms with E-state index in [2.05, 4.69) is 5.10 Å². The summed E-state index contributed by atoms with van der Waals surface area (Å²) in [5.74, 6) is -0.661. The number of hydrogen-bond acceptors (Lipinski definition) is 2. The van der Waals surface area contributed by atoms with Gasteiger partial charge in [0.15, 0.2) is 0 Å². The third-order valence-corrected chi connectivity index (χ3v) is 2.34. The molecule has 1 aromatic carbocycles. The Morgan fingerprint density at radius 2 is 2.06 bits per heavy atom. The fourth-order valence-electron chi connectivity index (χ4n) is 1.60. The lowest BCUT2D eigenvalue weighted by molar-refractivity contribution is 0.152. The molecule has 17 heavy (non-hydrogen) atoms. The van der Waals surface area contributed by atoms with E-state index < -0.39 is 12.2 Å². The molecule has 2 aromatic rings. The molecule has 3 nitrogen and oxygen atoms in total. The second-order valence-electron chi connectivity index (χ2n) is 3.65. The first-order valence-corrected chi connectivity index (χ1v) is 4.86.